The average molecular weight is 383 g/mol. The standard InChI is InChI=1S/C21H35BrO/c1-15(22)17-11-12-20-19(18(17)8-4-6-14-23)10-9-16-7-3-5-13-21(16,20)2/h14-20H,3-13H2,1-2H3. The van der Waals surface area contributed by atoms with Crippen molar-refractivity contribution in [1.82, 2.24) is 0 Å². The Kier molecular flexibility index (Phi) is 5.92. The van der Waals surface area contributed by atoms with Crippen LogP contribution in [0.4, 0.5) is 0 Å². The number of unbranched alkanes of at least 4 members (excludes halogenated alkanes) is 1. The summed E-state index contributed by atoms with van der Waals surface area (Å²) in [5.41, 5.74) is 0.630. The van der Waals surface area contributed by atoms with Gasteiger partial charge in [-0.05, 0) is 86.4 Å². The molecule has 0 amide bonds. The minimum atomic E-state index is 0.626. The van der Waals surface area contributed by atoms with Crippen molar-refractivity contribution in [1.29, 1.82) is 0 Å². The van der Waals surface area contributed by atoms with Crippen molar-refractivity contribution in [2.75, 3.05) is 0 Å². The van der Waals surface area contributed by atoms with Gasteiger partial charge in [0.25, 0.3) is 0 Å². The second kappa shape index (κ2) is 7.58. The molecule has 7 atom stereocenters. The van der Waals surface area contributed by atoms with Gasteiger partial charge in [0.2, 0.25) is 0 Å². The van der Waals surface area contributed by atoms with Crippen LogP contribution in [0.25, 0.3) is 0 Å². The normalized spacial score (nSPS) is 44.9. The van der Waals surface area contributed by atoms with Crippen LogP contribution in [0.2, 0.25) is 0 Å². The first-order valence-corrected chi connectivity index (χ1v) is 11.1. The Balaban J connectivity index is 1.79. The van der Waals surface area contributed by atoms with Gasteiger partial charge in [0.05, 0.1) is 0 Å². The van der Waals surface area contributed by atoms with E-state index < -0.39 is 0 Å². The van der Waals surface area contributed by atoms with Crippen LogP contribution in [0.15, 0.2) is 0 Å². The molecule has 3 aliphatic carbocycles. The molecule has 0 aromatic rings. The van der Waals surface area contributed by atoms with Gasteiger partial charge in [0.15, 0.2) is 0 Å². The van der Waals surface area contributed by atoms with Crippen molar-refractivity contribution in [2.24, 2.45) is 35.0 Å². The van der Waals surface area contributed by atoms with E-state index in [0.717, 1.165) is 48.7 Å². The Morgan fingerprint density at radius 3 is 2.74 bits per heavy atom. The van der Waals surface area contributed by atoms with E-state index in [1.807, 2.05) is 0 Å². The quantitative estimate of drug-likeness (QED) is 0.305. The average Bonchev–Trinajstić information content (AvgIpc) is 2.54. The minimum Gasteiger partial charge on any atom is -0.303 e. The molecule has 3 fully saturated rings. The van der Waals surface area contributed by atoms with Gasteiger partial charge in [-0.15, -0.1) is 0 Å². The zero-order valence-corrected chi connectivity index (χ0v) is 16.7. The third-order valence-corrected chi connectivity index (χ3v) is 8.70. The molecule has 132 valence electrons. The van der Waals surface area contributed by atoms with Gasteiger partial charge in [0.1, 0.15) is 6.29 Å². The van der Waals surface area contributed by atoms with Crippen molar-refractivity contribution in [3.8, 4) is 0 Å². The molecule has 0 saturated heterocycles. The lowest BCUT2D eigenvalue weighted by Gasteiger charge is -2.59. The number of rotatable bonds is 5. The molecule has 3 aliphatic rings. The second-order valence-electron chi connectivity index (χ2n) is 8.98. The first kappa shape index (κ1) is 18.0. The zero-order chi connectivity index (χ0) is 16.4. The molecule has 0 spiro atoms. The summed E-state index contributed by atoms with van der Waals surface area (Å²) < 4.78 is 0. The van der Waals surface area contributed by atoms with Crippen molar-refractivity contribution < 1.29 is 4.79 Å². The van der Waals surface area contributed by atoms with Crippen LogP contribution in [0, 0.1) is 35.0 Å². The molecule has 0 aromatic carbocycles. The van der Waals surface area contributed by atoms with Crippen LogP contribution in [-0.2, 0) is 4.79 Å². The number of hydrogen-bond acceptors (Lipinski definition) is 1. The molecule has 23 heavy (non-hydrogen) atoms. The maximum absolute atomic E-state index is 10.8. The highest BCUT2D eigenvalue weighted by molar-refractivity contribution is 9.09. The van der Waals surface area contributed by atoms with Gasteiger partial charge in [-0.3, -0.25) is 0 Å². The van der Waals surface area contributed by atoms with Crippen LogP contribution in [0.1, 0.15) is 84.5 Å². The van der Waals surface area contributed by atoms with E-state index in [2.05, 4.69) is 29.8 Å². The largest absolute Gasteiger partial charge is 0.303 e. The first-order chi connectivity index (χ1) is 11.1. The third-order valence-electron chi connectivity index (χ3n) is 8.02. The highest BCUT2D eigenvalue weighted by Gasteiger charge is 2.53. The lowest BCUT2D eigenvalue weighted by Crippen LogP contribution is -2.51. The fourth-order valence-electron chi connectivity index (χ4n) is 6.87. The number of aldehydes is 1. The Morgan fingerprint density at radius 1 is 1.17 bits per heavy atom. The summed E-state index contributed by atoms with van der Waals surface area (Å²) in [7, 11) is 0. The Labute approximate surface area is 151 Å². The maximum atomic E-state index is 10.8. The number of carbonyl (C=O) groups excluding carboxylic acids is 1. The van der Waals surface area contributed by atoms with E-state index in [1.54, 1.807) is 0 Å². The van der Waals surface area contributed by atoms with Gasteiger partial charge in [-0.1, -0.05) is 42.6 Å². The molecular formula is C21H35BrO. The molecule has 2 heteroatoms. The number of halogens is 1. The molecular weight excluding hydrogens is 348 g/mol. The monoisotopic (exact) mass is 382 g/mol. The van der Waals surface area contributed by atoms with Crippen LogP contribution in [0.5, 0.6) is 0 Å². The highest BCUT2D eigenvalue weighted by atomic mass is 79.9. The number of alkyl halides is 1. The molecule has 3 rings (SSSR count). The van der Waals surface area contributed by atoms with E-state index in [9.17, 15) is 4.79 Å². The summed E-state index contributed by atoms with van der Waals surface area (Å²) in [5.74, 6) is 4.57. The van der Waals surface area contributed by atoms with E-state index >= 15 is 0 Å². The number of fused-ring (bicyclic) bond motifs is 3. The Morgan fingerprint density at radius 2 is 2.00 bits per heavy atom. The summed E-state index contributed by atoms with van der Waals surface area (Å²) in [6.45, 7) is 5.00. The molecule has 0 bridgehead atoms. The van der Waals surface area contributed by atoms with Crippen LogP contribution >= 0.6 is 15.9 Å². The molecule has 0 radical (unpaired) electrons. The van der Waals surface area contributed by atoms with Crippen molar-refractivity contribution >= 4 is 22.2 Å². The predicted molar refractivity (Wildman–Crippen MR) is 101 cm³/mol. The first-order valence-electron chi connectivity index (χ1n) is 10.2. The SMILES string of the molecule is CC(Br)C1CCC2C(CCC3CCCCC32C)C1CCCC=O. The summed E-state index contributed by atoms with van der Waals surface area (Å²) in [5, 5.41) is 0. The van der Waals surface area contributed by atoms with Gasteiger partial charge in [-0.25, -0.2) is 0 Å². The fraction of sp³-hybridized carbons (Fsp3) is 0.952. The summed E-state index contributed by atoms with van der Waals surface area (Å²) in [6.07, 6.45) is 16.0. The Hall–Kier alpha value is 0.150. The highest BCUT2D eigenvalue weighted by Crippen LogP contribution is 2.62. The van der Waals surface area contributed by atoms with Gasteiger partial charge < -0.3 is 4.79 Å². The van der Waals surface area contributed by atoms with Crippen molar-refractivity contribution in [3.05, 3.63) is 0 Å². The summed E-state index contributed by atoms with van der Waals surface area (Å²) >= 11 is 3.91. The van der Waals surface area contributed by atoms with Crippen molar-refractivity contribution in [3.63, 3.8) is 0 Å². The minimum absolute atomic E-state index is 0.626. The van der Waals surface area contributed by atoms with Gasteiger partial charge in [-0.2, -0.15) is 0 Å². The summed E-state index contributed by atoms with van der Waals surface area (Å²) in [4.78, 5) is 11.4. The number of carbonyl (C=O) groups is 1. The van der Waals surface area contributed by atoms with Crippen LogP contribution < -0.4 is 0 Å². The second-order valence-corrected chi connectivity index (χ2v) is 10.4. The maximum Gasteiger partial charge on any atom is 0.119 e. The van der Waals surface area contributed by atoms with E-state index in [1.165, 1.54) is 57.8 Å². The summed E-state index contributed by atoms with van der Waals surface area (Å²) in [6, 6.07) is 0. The smallest absolute Gasteiger partial charge is 0.119 e. The van der Waals surface area contributed by atoms with E-state index in [4.69, 9.17) is 0 Å². The van der Waals surface area contributed by atoms with E-state index in [0.29, 0.717) is 10.2 Å². The number of hydrogen-bond donors (Lipinski definition) is 0. The molecule has 0 aromatic heterocycles. The molecule has 0 heterocycles. The van der Waals surface area contributed by atoms with Crippen LogP contribution in [0.3, 0.4) is 0 Å². The molecule has 0 N–H and O–H groups in total. The van der Waals surface area contributed by atoms with Crippen molar-refractivity contribution in [2.45, 2.75) is 89.3 Å². The van der Waals surface area contributed by atoms with E-state index in [-0.39, 0.29) is 0 Å². The fourth-order valence-corrected chi connectivity index (χ4v) is 7.53. The molecule has 7 unspecified atom stereocenters. The zero-order valence-electron chi connectivity index (χ0n) is 15.1. The lowest BCUT2D eigenvalue weighted by molar-refractivity contribution is -0.108. The predicted octanol–water partition coefficient (Wildman–Crippen LogP) is 6.39. The van der Waals surface area contributed by atoms with Gasteiger partial charge >= 0.3 is 0 Å². The molecule has 1 nitrogen and oxygen atoms in total. The van der Waals surface area contributed by atoms with Gasteiger partial charge in [0, 0.05) is 11.2 Å². The third kappa shape index (κ3) is 3.44. The Bertz CT molecular complexity index is 407. The lowest BCUT2D eigenvalue weighted by atomic mass is 9.46. The van der Waals surface area contributed by atoms with Crippen LogP contribution in [-0.4, -0.2) is 11.1 Å². The molecule has 0 aliphatic heterocycles. The topological polar surface area (TPSA) is 17.1 Å². The molecule has 3 saturated carbocycles.